The van der Waals surface area contributed by atoms with Crippen molar-refractivity contribution in [3.63, 3.8) is 0 Å². The summed E-state index contributed by atoms with van der Waals surface area (Å²) in [5.41, 5.74) is 3.00. The SMILES string of the molecule is COc1cc(-c2ccc(CN[C@H]3C[C@@H](O)[C@@H](Nc4nc(C)nc5sc(CC(F)(F)F)cc45)C3)cc2)cnc1OC. The molecule has 1 aliphatic rings. The number of methoxy groups -OCH3 is 2. The molecule has 1 aromatic carbocycles. The van der Waals surface area contributed by atoms with Crippen LogP contribution in [-0.2, 0) is 13.0 Å². The van der Waals surface area contributed by atoms with Gasteiger partial charge < -0.3 is 25.2 Å². The Bertz CT molecular complexity index is 1480. The fourth-order valence-corrected chi connectivity index (χ4v) is 6.06. The van der Waals surface area contributed by atoms with Crippen LogP contribution >= 0.6 is 11.3 Å². The standard InChI is InChI=1S/C28H30F3N5O3S/c1-15-34-25(21-11-20(12-28(29,30)31)40-27(21)35-15)36-22-9-19(10-23(22)37)32-13-16-4-6-17(7-5-16)18-8-24(38-2)26(39-3)33-14-18/h4-8,11,14,19,22-23,32,37H,9-10,12-13H2,1-3H3,(H,34,35,36)/t19-,22+,23-/m1/s1. The van der Waals surface area contributed by atoms with Crippen molar-refractivity contribution in [1.29, 1.82) is 0 Å². The molecule has 3 atom stereocenters. The summed E-state index contributed by atoms with van der Waals surface area (Å²) in [5.74, 6) is 1.91. The van der Waals surface area contributed by atoms with E-state index in [4.69, 9.17) is 9.47 Å². The van der Waals surface area contributed by atoms with Crippen LogP contribution in [-0.4, -0.2) is 58.6 Å². The van der Waals surface area contributed by atoms with Crippen molar-refractivity contribution in [3.05, 3.63) is 58.9 Å². The fraction of sp³-hybridized carbons (Fsp3) is 0.393. The van der Waals surface area contributed by atoms with Crippen molar-refractivity contribution in [2.45, 2.75) is 57.1 Å². The minimum absolute atomic E-state index is 0.0592. The third-order valence-corrected chi connectivity index (χ3v) is 7.92. The molecule has 12 heteroatoms. The first-order valence-electron chi connectivity index (χ1n) is 12.8. The first-order valence-corrected chi connectivity index (χ1v) is 13.6. The second kappa shape index (κ2) is 11.6. The molecule has 3 aromatic heterocycles. The number of aromatic nitrogens is 3. The Morgan fingerprint density at radius 3 is 2.52 bits per heavy atom. The van der Waals surface area contributed by atoms with Crippen LogP contribution < -0.4 is 20.1 Å². The molecule has 1 fully saturated rings. The quantitative estimate of drug-likeness (QED) is 0.249. The summed E-state index contributed by atoms with van der Waals surface area (Å²) in [7, 11) is 3.12. The Morgan fingerprint density at radius 1 is 1.05 bits per heavy atom. The Labute approximate surface area is 233 Å². The van der Waals surface area contributed by atoms with E-state index in [0.29, 0.717) is 52.9 Å². The monoisotopic (exact) mass is 573 g/mol. The molecular formula is C28H30F3N5O3S. The number of fused-ring (bicyclic) bond motifs is 1. The zero-order chi connectivity index (χ0) is 28.4. The lowest BCUT2D eigenvalue weighted by molar-refractivity contribution is -0.126. The largest absolute Gasteiger partial charge is 0.491 e. The zero-order valence-corrected chi connectivity index (χ0v) is 23.1. The van der Waals surface area contributed by atoms with E-state index in [9.17, 15) is 18.3 Å². The third-order valence-electron chi connectivity index (χ3n) is 6.89. The molecule has 1 saturated carbocycles. The molecule has 4 aromatic rings. The number of pyridine rings is 1. The van der Waals surface area contributed by atoms with E-state index in [1.165, 1.54) is 6.07 Å². The average molecular weight is 574 g/mol. The van der Waals surface area contributed by atoms with Gasteiger partial charge in [-0.15, -0.1) is 11.3 Å². The normalized spacial score (nSPS) is 19.2. The lowest BCUT2D eigenvalue weighted by atomic mass is 10.1. The Hall–Kier alpha value is -3.48. The van der Waals surface area contributed by atoms with Gasteiger partial charge in [0.1, 0.15) is 16.5 Å². The highest BCUT2D eigenvalue weighted by Crippen LogP contribution is 2.35. The molecule has 5 rings (SSSR count). The van der Waals surface area contributed by atoms with Crippen LogP contribution in [0.2, 0.25) is 0 Å². The van der Waals surface area contributed by atoms with E-state index in [2.05, 4.69) is 25.6 Å². The number of alkyl halides is 3. The number of aryl methyl sites for hydroxylation is 1. The number of anilines is 1. The second-order valence-electron chi connectivity index (χ2n) is 9.84. The summed E-state index contributed by atoms with van der Waals surface area (Å²) in [6, 6.07) is 11.3. The van der Waals surface area contributed by atoms with Gasteiger partial charge in [0.15, 0.2) is 5.75 Å². The molecule has 0 aliphatic heterocycles. The average Bonchev–Trinajstić information content (AvgIpc) is 3.48. The zero-order valence-electron chi connectivity index (χ0n) is 22.2. The van der Waals surface area contributed by atoms with Crippen LogP contribution in [0.4, 0.5) is 19.0 Å². The van der Waals surface area contributed by atoms with Crippen molar-refractivity contribution in [2.24, 2.45) is 0 Å². The maximum absolute atomic E-state index is 12.9. The molecule has 3 heterocycles. The second-order valence-corrected chi connectivity index (χ2v) is 11.0. The van der Waals surface area contributed by atoms with Crippen molar-refractivity contribution >= 4 is 27.4 Å². The molecule has 0 radical (unpaired) electrons. The maximum atomic E-state index is 12.9. The van der Waals surface area contributed by atoms with Crippen molar-refractivity contribution in [2.75, 3.05) is 19.5 Å². The number of nitrogens with one attached hydrogen (secondary N) is 2. The molecule has 0 spiro atoms. The predicted octanol–water partition coefficient (Wildman–Crippen LogP) is 5.28. The van der Waals surface area contributed by atoms with Gasteiger partial charge in [-0.1, -0.05) is 24.3 Å². The van der Waals surface area contributed by atoms with E-state index >= 15 is 0 Å². The van der Waals surface area contributed by atoms with Crippen LogP contribution in [0.15, 0.2) is 42.6 Å². The molecule has 8 nitrogen and oxygen atoms in total. The molecule has 0 saturated heterocycles. The van der Waals surface area contributed by atoms with Crippen LogP contribution in [0.1, 0.15) is 29.1 Å². The molecule has 1 aliphatic carbocycles. The van der Waals surface area contributed by atoms with Gasteiger partial charge in [0.25, 0.3) is 5.88 Å². The Balaban J connectivity index is 1.21. The summed E-state index contributed by atoms with van der Waals surface area (Å²) in [6.45, 7) is 2.33. The molecule has 0 amide bonds. The topological polar surface area (TPSA) is 101 Å². The minimum atomic E-state index is -4.29. The first kappa shape index (κ1) is 28.1. The lowest BCUT2D eigenvalue weighted by Crippen LogP contribution is -2.29. The van der Waals surface area contributed by atoms with E-state index < -0.39 is 18.7 Å². The maximum Gasteiger partial charge on any atom is 0.393 e. The highest BCUT2D eigenvalue weighted by atomic mass is 32.1. The fourth-order valence-electron chi connectivity index (χ4n) is 4.95. The predicted molar refractivity (Wildman–Crippen MR) is 148 cm³/mol. The number of hydrogen-bond acceptors (Lipinski definition) is 9. The molecule has 3 N–H and O–H groups in total. The molecule has 40 heavy (non-hydrogen) atoms. The van der Waals surface area contributed by atoms with Gasteiger partial charge >= 0.3 is 6.18 Å². The van der Waals surface area contributed by atoms with E-state index in [1.54, 1.807) is 27.3 Å². The molecule has 212 valence electrons. The first-order chi connectivity index (χ1) is 19.1. The molecule has 0 bridgehead atoms. The number of nitrogens with zero attached hydrogens (tertiary/aromatic N) is 3. The van der Waals surface area contributed by atoms with Crippen LogP contribution in [0.5, 0.6) is 11.6 Å². The highest BCUT2D eigenvalue weighted by molar-refractivity contribution is 7.18. The summed E-state index contributed by atoms with van der Waals surface area (Å²) in [4.78, 5) is 13.7. The number of benzene rings is 1. The number of aliphatic hydroxyl groups is 1. The van der Waals surface area contributed by atoms with Gasteiger partial charge in [-0.05, 0) is 43.0 Å². The van der Waals surface area contributed by atoms with Gasteiger partial charge in [0.2, 0.25) is 0 Å². The Kier molecular flexibility index (Phi) is 8.11. The number of hydrogen-bond donors (Lipinski definition) is 3. The third kappa shape index (κ3) is 6.45. The van der Waals surface area contributed by atoms with Crippen LogP contribution in [0.25, 0.3) is 21.3 Å². The van der Waals surface area contributed by atoms with E-state index in [-0.39, 0.29) is 17.0 Å². The van der Waals surface area contributed by atoms with Gasteiger partial charge in [-0.3, -0.25) is 0 Å². The summed E-state index contributed by atoms with van der Waals surface area (Å²) >= 11 is 1.02. The summed E-state index contributed by atoms with van der Waals surface area (Å²) < 4.78 is 49.3. The van der Waals surface area contributed by atoms with E-state index in [1.807, 2.05) is 30.3 Å². The minimum Gasteiger partial charge on any atom is -0.491 e. The molecular weight excluding hydrogens is 543 g/mol. The number of aliphatic hydroxyl groups excluding tert-OH is 1. The molecule has 0 unspecified atom stereocenters. The van der Waals surface area contributed by atoms with Crippen molar-refractivity contribution in [3.8, 4) is 22.8 Å². The van der Waals surface area contributed by atoms with Gasteiger partial charge in [0.05, 0.1) is 38.2 Å². The van der Waals surface area contributed by atoms with Gasteiger partial charge in [-0.25, -0.2) is 15.0 Å². The number of halogens is 3. The summed E-state index contributed by atoms with van der Waals surface area (Å²) in [6.07, 6.45) is -3.00. The lowest BCUT2D eigenvalue weighted by Gasteiger charge is -2.18. The highest BCUT2D eigenvalue weighted by Gasteiger charge is 2.34. The van der Waals surface area contributed by atoms with E-state index in [0.717, 1.165) is 28.0 Å². The number of ether oxygens (including phenoxy) is 2. The van der Waals surface area contributed by atoms with Crippen molar-refractivity contribution < 1.29 is 27.8 Å². The van der Waals surface area contributed by atoms with Crippen LogP contribution in [0.3, 0.4) is 0 Å². The number of rotatable bonds is 9. The number of thiophene rings is 1. The van der Waals surface area contributed by atoms with Gasteiger partial charge in [-0.2, -0.15) is 13.2 Å². The smallest absolute Gasteiger partial charge is 0.393 e. The Morgan fingerprint density at radius 2 is 1.82 bits per heavy atom. The van der Waals surface area contributed by atoms with Gasteiger partial charge in [0, 0.05) is 29.2 Å². The summed E-state index contributed by atoms with van der Waals surface area (Å²) in [5, 5.41) is 18.1. The van der Waals surface area contributed by atoms with Crippen molar-refractivity contribution in [1.82, 2.24) is 20.3 Å². The van der Waals surface area contributed by atoms with Crippen LogP contribution in [0, 0.1) is 6.92 Å².